The van der Waals surface area contributed by atoms with Crippen molar-refractivity contribution in [1.82, 2.24) is 10.2 Å². The topological polar surface area (TPSA) is 52.6 Å². The van der Waals surface area contributed by atoms with Crippen LogP contribution in [0.1, 0.15) is 58.3 Å². The third-order valence-electron chi connectivity index (χ3n) is 4.93. The van der Waals surface area contributed by atoms with Crippen molar-refractivity contribution in [3.8, 4) is 0 Å². The van der Waals surface area contributed by atoms with E-state index in [1.54, 1.807) is 0 Å². The highest BCUT2D eigenvalue weighted by molar-refractivity contribution is 5.74. The number of carbonyl (C=O) groups excluding carboxylic acids is 1. The van der Waals surface area contributed by atoms with E-state index in [1.165, 1.54) is 38.5 Å². The van der Waals surface area contributed by atoms with Crippen LogP contribution in [0.3, 0.4) is 0 Å². The SMILES string of the molecule is CC(CCC1CCCCC1)NC(=O)N1CCC(CO)C1. The monoisotopic (exact) mass is 282 g/mol. The number of nitrogens with zero attached hydrogens (tertiary/aromatic N) is 1. The maximum absolute atomic E-state index is 12.1. The first-order chi connectivity index (χ1) is 9.69. The predicted molar refractivity (Wildman–Crippen MR) is 80.6 cm³/mol. The molecule has 4 heteroatoms. The molecule has 0 bridgehead atoms. The number of aliphatic hydroxyl groups excluding tert-OH is 1. The van der Waals surface area contributed by atoms with Crippen LogP contribution in [-0.4, -0.2) is 41.8 Å². The summed E-state index contributed by atoms with van der Waals surface area (Å²) in [6.45, 7) is 3.80. The first-order valence-corrected chi connectivity index (χ1v) is 8.35. The van der Waals surface area contributed by atoms with Gasteiger partial charge in [0, 0.05) is 31.7 Å². The molecule has 2 fully saturated rings. The fourth-order valence-electron chi connectivity index (χ4n) is 3.50. The van der Waals surface area contributed by atoms with Crippen LogP contribution < -0.4 is 5.32 Å². The maximum Gasteiger partial charge on any atom is 0.317 e. The Morgan fingerprint density at radius 3 is 2.65 bits per heavy atom. The second-order valence-electron chi connectivity index (χ2n) is 6.72. The lowest BCUT2D eigenvalue weighted by atomic mass is 9.85. The van der Waals surface area contributed by atoms with Gasteiger partial charge in [0.2, 0.25) is 0 Å². The van der Waals surface area contributed by atoms with E-state index in [-0.39, 0.29) is 24.6 Å². The summed E-state index contributed by atoms with van der Waals surface area (Å²) in [4.78, 5) is 13.9. The molecule has 2 amide bonds. The van der Waals surface area contributed by atoms with Crippen molar-refractivity contribution >= 4 is 6.03 Å². The van der Waals surface area contributed by atoms with E-state index in [1.807, 2.05) is 4.90 Å². The summed E-state index contributed by atoms with van der Waals surface area (Å²) < 4.78 is 0. The number of likely N-dealkylation sites (tertiary alicyclic amines) is 1. The minimum Gasteiger partial charge on any atom is -0.396 e. The van der Waals surface area contributed by atoms with Gasteiger partial charge in [-0.3, -0.25) is 0 Å². The molecule has 0 aromatic rings. The molecular weight excluding hydrogens is 252 g/mol. The first-order valence-electron chi connectivity index (χ1n) is 8.35. The second kappa shape index (κ2) is 7.87. The van der Waals surface area contributed by atoms with E-state index in [9.17, 15) is 4.79 Å². The van der Waals surface area contributed by atoms with Crippen LogP contribution in [-0.2, 0) is 0 Å². The smallest absolute Gasteiger partial charge is 0.317 e. The minimum absolute atomic E-state index is 0.0529. The highest BCUT2D eigenvalue weighted by atomic mass is 16.3. The first kappa shape index (κ1) is 15.6. The number of amides is 2. The van der Waals surface area contributed by atoms with Gasteiger partial charge in [-0.2, -0.15) is 0 Å². The van der Waals surface area contributed by atoms with E-state index in [0.717, 1.165) is 25.3 Å². The molecule has 1 aliphatic heterocycles. The van der Waals surface area contributed by atoms with Gasteiger partial charge in [0.25, 0.3) is 0 Å². The largest absolute Gasteiger partial charge is 0.396 e. The van der Waals surface area contributed by atoms with Gasteiger partial charge in [0.05, 0.1) is 0 Å². The molecule has 2 rings (SSSR count). The summed E-state index contributed by atoms with van der Waals surface area (Å²) in [6, 6.07) is 0.315. The molecule has 1 saturated carbocycles. The second-order valence-corrected chi connectivity index (χ2v) is 6.72. The van der Waals surface area contributed by atoms with Crippen molar-refractivity contribution in [2.45, 2.75) is 64.3 Å². The minimum atomic E-state index is 0.0529. The van der Waals surface area contributed by atoms with Crippen molar-refractivity contribution in [3.63, 3.8) is 0 Å². The van der Waals surface area contributed by atoms with Crippen LogP contribution >= 0.6 is 0 Å². The lowest BCUT2D eigenvalue weighted by Crippen LogP contribution is -2.43. The van der Waals surface area contributed by atoms with Crippen LogP contribution in [0, 0.1) is 11.8 Å². The molecule has 2 aliphatic rings. The Balaban J connectivity index is 1.63. The van der Waals surface area contributed by atoms with E-state index < -0.39 is 0 Å². The molecular formula is C16H30N2O2. The summed E-state index contributed by atoms with van der Waals surface area (Å²) in [5.41, 5.74) is 0. The van der Waals surface area contributed by atoms with E-state index in [4.69, 9.17) is 5.11 Å². The molecule has 1 heterocycles. The van der Waals surface area contributed by atoms with Gasteiger partial charge in [0.1, 0.15) is 0 Å². The average Bonchev–Trinajstić information content (AvgIpc) is 2.95. The van der Waals surface area contributed by atoms with Crippen LogP contribution in [0.2, 0.25) is 0 Å². The molecule has 0 aromatic heterocycles. The third kappa shape index (κ3) is 4.65. The van der Waals surface area contributed by atoms with Crippen molar-refractivity contribution in [1.29, 1.82) is 0 Å². The third-order valence-corrected chi connectivity index (χ3v) is 4.93. The van der Waals surface area contributed by atoms with E-state index >= 15 is 0 Å². The Morgan fingerprint density at radius 2 is 2.00 bits per heavy atom. The van der Waals surface area contributed by atoms with Gasteiger partial charge in [-0.25, -0.2) is 4.79 Å². The zero-order valence-corrected chi connectivity index (χ0v) is 12.8. The van der Waals surface area contributed by atoms with Crippen molar-refractivity contribution < 1.29 is 9.90 Å². The van der Waals surface area contributed by atoms with Crippen LogP contribution in [0.4, 0.5) is 4.79 Å². The Morgan fingerprint density at radius 1 is 1.25 bits per heavy atom. The molecule has 0 spiro atoms. The lowest BCUT2D eigenvalue weighted by Gasteiger charge is -2.24. The number of nitrogens with one attached hydrogen (secondary N) is 1. The summed E-state index contributed by atoms with van der Waals surface area (Å²) >= 11 is 0. The highest BCUT2D eigenvalue weighted by Gasteiger charge is 2.26. The number of hydrogen-bond acceptors (Lipinski definition) is 2. The molecule has 20 heavy (non-hydrogen) atoms. The molecule has 0 radical (unpaired) electrons. The standard InChI is InChI=1S/C16H30N2O2/c1-13(7-8-14-5-3-2-4-6-14)17-16(20)18-10-9-15(11-18)12-19/h13-15,19H,2-12H2,1H3,(H,17,20). The molecule has 2 unspecified atom stereocenters. The molecule has 2 atom stereocenters. The van der Waals surface area contributed by atoms with Crippen molar-refractivity contribution in [2.24, 2.45) is 11.8 Å². The Labute approximate surface area is 122 Å². The molecule has 0 aromatic carbocycles. The predicted octanol–water partition coefficient (Wildman–Crippen LogP) is 2.76. The van der Waals surface area contributed by atoms with E-state index in [2.05, 4.69) is 12.2 Å². The van der Waals surface area contributed by atoms with Crippen LogP contribution in [0.15, 0.2) is 0 Å². The molecule has 2 N–H and O–H groups in total. The van der Waals surface area contributed by atoms with Crippen molar-refractivity contribution in [3.05, 3.63) is 0 Å². The van der Waals surface area contributed by atoms with Gasteiger partial charge in [-0.1, -0.05) is 32.1 Å². The average molecular weight is 282 g/mol. The van der Waals surface area contributed by atoms with Gasteiger partial charge < -0.3 is 15.3 Å². The number of urea groups is 1. The molecule has 116 valence electrons. The van der Waals surface area contributed by atoms with Crippen molar-refractivity contribution in [2.75, 3.05) is 19.7 Å². The molecule has 1 aliphatic carbocycles. The number of aliphatic hydroxyl groups is 1. The lowest BCUT2D eigenvalue weighted by molar-refractivity contribution is 0.194. The summed E-state index contributed by atoms with van der Waals surface area (Å²) in [7, 11) is 0. The fraction of sp³-hybridized carbons (Fsp3) is 0.938. The fourth-order valence-corrected chi connectivity index (χ4v) is 3.50. The highest BCUT2D eigenvalue weighted by Crippen LogP contribution is 2.27. The quantitative estimate of drug-likeness (QED) is 0.814. The zero-order valence-electron chi connectivity index (χ0n) is 12.8. The Bertz CT molecular complexity index is 303. The van der Waals surface area contributed by atoms with Crippen LogP contribution in [0.5, 0.6) is 0 Å². The van der Waals surface area contributed by atoms with Gasteiger partial charge in [-0.15, -0.1) is 0 Å². The van der Waals surface area contributed by atoms with Gasteiger partial charge in [-0.05, 0) is 32.1 Å². The summed E-state index contributed by atoms with van der Waals surface area (Å²) in [5, 5.41) is 12.2. The summed E-state index contributed by atoms with van der Waals surface area (Å²) in [5.74, 6) is 1.16. The van der Waals surface area contributed by atoms with Gasteiger partial charge >= 0.3 is 6.03 Å². The normalized spacial score (nSPS) is 25.7. The summed E-state index contributed by atoms with van der Waals surface area (Å²) in [6.07, 6.45) is 10.2. The van der Waals surface area contributed by atoms with Crippen LogP contribution in [0.25, 0.3) is 0 Å². The number of carbonyl (C=O) groups is 1. The molecule has 1 saturated heterocycles. The number of rotatable bonds is 5. The number of hydrogen-bond donors (Lipinski definition) is 2. The zero-order chi connectivity index (χ0) is 14.4. The molecule has 4 nitrogen and oxygen atoms in total. The van der Waals surface area contributed by atoms with Gasteiger partial charge in [0.15, 0.2) is 0 Å². The Hall–Kier alpha value is -0.770. The maximum atomic E-state index is 12.1. The Kier molecular flexibility index (Phi) is 6.14. The van der Waals surface area contributed by atoms with E-state index in [0.29, 0.717) is 6.54 Å².